The maximum absolute atomic E-state index is 12.6. The molecule has 26 heavy (non-hydrogen) atoms. The number of pyridine rings is 1. The van der Waals surface area contributed by atoms with Crippen LogP contribution in [0.2, 0.25) is 0 Å². The number of benzene rings is 1. The molecule has 2 aromatic rings. The van der Waals surface area contributed by atoms with E-state index in [4.69, 9.17) is 0 Å². The van der Waals surface area contributed by atoms with E-state index in [2.05, 4.69) is 23.3 Å². The van der Waals surface area contributed by atoms with Crippen molar-refractivity contribution in [1.82, 2.24) is 9.88 Å². The Hall–Kier alpha value is -2.41. The summed E-state index contributed by atoms with van der Waals surface area (Å²) in [7, 11) is -1.39. The van der Waals surface area contributed by atoms with Gasteiger partial charge in [0.05, 0.1) is 23.4 Å². The van der Waals surface area contributed by atoms with E-state index < -0.39 is 9.84 Å². The highest BCUT2D eigenvalue weighted by Crippen LogP contribution is 2.23. The predicted molar refractivity (Wildman–Crippen MR) is 103 cm³/mol. The first kappa shape index (κ1) is 18.4. The van der Waals surface area contributed by atoms with Crippen molar-refractivity contribution < 1.29 is 13.2 Å². The van der Waals surface area contributed by atoms with Crippen molar-refractivity contribution in [1.29, 1.82) is 0 Å². The van der Waals surface area contributed by atoms with Gasteiger partial charge in [0.15, 0.2) is 9.84 Å². The molecule has 1 unspecified atom stereocenters. The van der Waals surface area contributed by atoms with Gasteiger partial charge in [-0.3, -0.25) is 4.79 Å². The zero-order chi connectivity index (χ0) is 18.9. The van der Waals surface area contributed by atoms with Crippen LogP contribution in [0.15, 0.2) is 36.5 Å². The van der Waals surface area contributed by atoms with E-state index >= 15 is 0 Å². The van der Waals surface area contributed by atoms with Gasteiger partial charge in [-0.05, 0) is 49.6 Å². The lowest BCUT2D eigenvalue weighted by atomic mass is 10.1. The molecule has 1 atom stereocenters. The molecule has 138 valence electrons. The van der Waals surface area contributed by atoms with E-state index in [-0.39, 0.29) is 23.5 Å². The third-order valence-electron chi connectivity index (χ3n) is 4.94. The highest BCUT2D eigenvalue weighted by molar-refractivity contribution is 7.91. The highest BCUT2D eigenvalue weighted by Gasteiger charge is 2.33. The van der Waals surface area contributed by atoms with Crippen LogP contribution < -0.4 is 5.32 Å². The van der Waals surface area contributed by atoms with Crippen LogP contribution in [0.4, 0.5) is 11.4 Å². The molecule has 0 saturated carbocycles. The van der Waals surface area contributed by atoms with Crippen LogP contribution in [0.1, 0.15) is 28.0 Å². The Balaban J connectivity index is 1.71. The van der Waals surface area contributed by atoms with Crippen molar-refractivity contribution >= 4 is 27.1 Å². The minimum Gasteiger partial charge on any atom is -0.354 e. The first-order chi connectivity index (χ1) is 12.3. The first-order valence-corrected chi connectivity index (χ1v) is 10.4. The highest BCUT2D eigenvalue weighted by atomic mass is 32.2. The van der Waals surface area contributed by atoms with E-state index in [1.165, 1.54) is 10.5 Å². The second kappa shape index (κ2) is 7.07. The lowest BCUT2D eigenvalue weighted by Gasteiger charge is -2.23. The SMILES string of the molecule is Cc1cccc(Nc2ccc(C(=O)N(C)C3CCS(=O)(=O)C3)nc2)c1C. The number of carbonyl (C=O) groups is 1. The van der Waals surface area contributed by atoms with Gasteiger partial charge in [0.25, 0.3) is 5.91 Å². The van der Waals surface area contributed by atoms with E-state index in [0.29, 0.717) is 12.1 Å². The summed E-state index contributed by atoms with van der Waals surface area (Å²) in [6, 6.07) is 9.23. The molecule has 7 heteroatoms. The van der Waals surface area contributed by atoms with E-state index in [1.54, 1.807) is 25.4 Å². The largest absolute Gasteiger partial charge is 0.354 e. The molecule has 1 N–H and O–H groups in total. The van der Waals surface area contributed by atoms with Gasteiger partial charge in [-0.2, -0.15) is 0 Å². The number of rotatable bonds is 4. The molecule has 0 bridgehead atoms. The predicted octanol–water partition coefficient (Wildman–Crippen LogP) is 2.70. The smallest absolute Gasteiger partial charge is 0.272 e. The van der Waals surface area contributed by atoms with E-state index in [0.717, 1.165) is 16.9 Å². The minimum atomic E-state index is -3.03. The van der Waals surface area contributed by atoms with Crippen molar-refractivity contribution in [2.75, 3.05) is 23.9 Å². The molecule has 1 saturated heterocycles. The molecule has 1 aliphatic rings. The number of anilines is 2. The number of sulfone groups is 1. The summed E-state index contributed by atoms with van der Waals surface area (Å²) in [5, 5.41) is 3.31. The Kier molecular flexibility index (Phi) is 5.00. The number of aryl methyl sites for hydroxylation is 1. The van der Waals surface area contributed by atoms with Gasteiger partial charge in [-0.15, -0.1) is 0 Å². The van der Waals surface area contributed by atoms with Crippen LogP contribution in [-0.4, -0.2) is 48.8 Å². The average molecular weight is 373 g/mol. The zero-order valence-corrected chi connectivity index (χ0v) is 16.0. The van der Waals surface area contributed by atoms with Crippen LogP contribution >= 0.6 is 0 Å². The lowest BCUT2D eigenvalue weighted by molar-refractivity contribution is 0.0742. The van der Waals surface area contributed by atoms with Crippen LogP contribution in [0, 0.1) is 13.8 Å². The number of nitrogens with zero attached hydrogens (tertiary/aromatic N) is 2. The standard InChI is InChI=1S/C19H23N3O3S/c1-13-5-4-6-17(14(13)2)21-15-7-8-18(20-11-15)19(23)22(3)16-9-10-26(24,25)12-16/h4-8,11,16,21H,9-10,12H2,1-3H3. The van der Waals surface area contributed by atoms with E-state index in [1.807, 2.05) is 19.1 Å². The Labute approximate surface area is 154 Å². The number of aromatic nitrogens is 1. The molecule has 1 aromatic heterocycles. The van der Waals surface area contributed by atoms with Gasteiger partial charge in [0.1, 0.15) is 5.69 Å². The van der Waals surface area contributed by atoms with Gasteiger partial charge in [0, 0.05) is 18.8 Å². The summed E-state index contributed by atoms with van der Waals surface area (Å²) in [5.74, 6) is -0.0893. The van der Waals surface area contributed by atoms with Crippen molar-refractivity contribution in [2.24, 2.45) is 0 Å². The molecule has 3 rings (SSSR count). The molecule has 1 amide bonds. The first-order valence-electron chi connectivity index (χ1n) is 8.54. The third-order valence-corrected chi connectivity index (χ3v) is 6.69. The van der Waals surface area contributed by atoms with Gasteiger partial charge < -0.3 is 10.2 Å². The second-order valence-electron chi connectivity index (χ2n) is 6.78. The monoisotopic (exact) mass is 373 g/mol. The molecule has 1 aromatic carbocycles. The van der Waals surface area contributed by atoms with Gasteiger partial charge in [-0.1, -0.05) is 12.1 Å². The minimum absolute atomic E-state index is 0.0293. The summed E-state index contributed by atoms with van der Waals surface area (Å²) in [4.78, 5) is 18.3. The van der Waals surface area contributed by atoms with Gasteiger partial charge >= 0.3 is 0 Å². The van der Waals surface area contributed by atoms with Crippen LogP contribution in [0.3, 0.4) is 0 Å². The molecular weight excluding hydrogens is 350 g/mol. The molecule has 0 aliphatic carbocycles. The van der Waals surface area contributed by atoms with Gasteiger partial charge in [0.2, 0.25) is 0 Å². The Bertz CT molecular complexity index is 924. The fourth-order valence-corrected chi connectivity index (χ4v) is 4.84. The Morgan fingerprint density at radius 3 is 2.62 bits per heavy atom. The molecule has 6 nitrogen and oxygen atoms in total. The average Bonchev–Trinajstić information content (AvgIpc) is 2.98. The Morgan fingerprint density at radius 1 is 1.23 bits per heavy atom. The van der Waals surface area contributed by atoms with Crippen LogP contribution in [-0.2, 0) is 9.84 Å². The molecule has 1 aliphatic heterocycles. The quantitative estimate of drug-likeness (QED) is 0.891. The summed E-state index contributed by atoms with van der Waals surface area (Å²) in [6.45, 7) is 4.10. The van der Waals surface area contributed by atoms with Crippen molar-refractivity contribution in [3.05, 3.63) is 53.3 Å². The van der Waals surface area contributed by atoms with Gasteiger partial charge in [-0.25, -0.2) is 13.4 Å². The summed E-state index contributed by atoms with van der Waals surface area (Å²) >= 11 is 0. The second-order valence-corrected chi connectivity index (χ2v) is 9.01. The van der Waals surface area contributed by atoms with Crippen molar-refractivity contribution in [2.45, 2.75) is 26.3 Å². The topological polar surface area (TPSA) is 79.4 Å². The zero-order valence-electron chi connectivity index (χ0n) is 15.2. The Morgan fingerprint density at radius 2 is 2.00 bits per heavy atom. The fraction of sp³-hybridized carbons (Fsp3) is 0.368. The van der Waals surface area contributed by atoms with E-state index in [9.17, 15) is 13.2 Å². The summed E-state index contributed by atoms with van der Waals surface area (Å²) in [5.41, 5.74) is 4.46. The maximum atomic E-state index is 12.6. The molecular formula is C19H23N3O3S. The number of carbonyl (C=O) groups excluding carboxylic acids is 1. The number of hydrogen-bond acceptors (Lipinski definition) is 5. The number of nitrogens with one attached hydrogen (secondary N) is 1. The fourth-order valence-electron chi connectivity index (χ4n) is 3.06. The van der Waals surface area contributed by atoms with Crippen LogP contribution in [0.5, 0.6) is 0 Å². The normalized spacial score (nSPS) is 18.5. The summed E-state index contributed by atoms with van der Waals surface area (Å²) < 4.78 is 23.2. The maximum Gasteiger partial charge on any atom is 0.272 e. The number of amides is 1. The van der Waals surface area contributed by atoms with Crippen LogP contribution in [0.25, 0.3) is 0 Å². The van der Waals surface area contributed by atoms with Crippen molar-refractivity contribution in [3.63, 3.8) is 0 Å². The molecule has 0 radical (unpaired) electrons. The lowest BCUT2D eigenvalue weighted by Crippen LogP contribution is -2.38. The summed E-state index contributed by atoms with van der Waals surface area (Å²) in [6.07, 6.45) is 2.10. The molecule has 0 spiro atoms. The molecule has 2 heterocycles. The van der Waals surface area contributed by atoms with Crippen molar-refractivity contribution in [3.8, 4) is 0 Å². The third kappa shape index (κ3) is 3.88. The number of hydrogen-bond donors (Lipinski definition) is 1. The molecule has 1 fully saturated rings.